The summed E-state index contributed by atoms with van der Waals surface area (Å²) in [6.45, 7) is 3.27. The number of hydrogen-bond donors (Lipinski definition) is 0. The SMILES string of the molecule is Cc1ccc(S(=O)(=O)N2CCN(c3ccc([N+](=O)[O-])cc3C#N)CC2)s1. The van der Waals surface area contributed by atoms with Crippen LogP contribution in [0.4, 0.5) is 11.4 Å². The first kappa shape index (κ1) is 18.3. The fraction of sp³-hybridized carbons (Fsp3) is 0.312. The summed E-state index contributed by atoms with van der Waals surface area (Å²) in [6, 6.07) is 9.52. The Morgan fingerprint density at radius 2 is 1.88 bits per heavy atom. The van der Waals surface area contributed by atoms with E-state index in [1.54, 1.807) is 18.2 Å². The van der Waals surface area contributed by atoms with Crippen molar-refractivity contribution in [3.8, 4) is 6.07 Å². The minimum atomic E-state index is -3.51. The largest absolute Gasteiger partial charge is 0.368 e. The van der Waals surface area contributed by atoms with Crippen molar-refractivity contribution in [3.63, 3.8) is 0 Å². The van der Waals surface area contributed by atoms with Crippen LogP contribution in [0.15, 0.2) is 34.5 Å². The number of rotatable bonds is 4. The number of sulfonamides is 1. The first-order valence-corrected chi connectivity index (χ1v) is 10.1. The van der Waals surface area contributed by atoms with Gasteiger partial charge in [0.1, 0.15) is 10.3 Å². The van der Waals surface area contributed by atoms with Crippen LogP contribution in [0.25, 0.3) is 0 Å². The van der Waals surface area contributed by atoms with E-state index in [9.17, 15) is 23.8 Å². The highest BCUT2D eigenvalue weighted by Gasteiger charge is 2.30. The molecule has 0 spiro atoms. The number of hydrogen-bond acceptors (Lipinski definition) is 7. The Hall–Kier alpha value is -2.48. The molecule has 1 aromatic carbocycles. The molecule has 1 fully saturated rings. The second-order valence-electron chi connectivity index (χ2n) is 5.83. The molecule has 0 atom stereocenters. The van der Waals surface area contributed by atoms with Crippen molar-refractivity contribution in [2.24, 2.45) is 0 Å². The molecule has 0 radical (unpaired) electrons. The first-order valence-electron chi connectivity index (χ1n) is 7.83. The van der Waals surface area contributed by atoms with Gasteiger partial charge in [0, 0.05) is 43.2 Å². The fourth-order valence-corrected chi connectivity index (χ4v) is 5.71. The van der Waals surface area contributed by atoms with Crippen LogP contribution in [-0.4, -0.2) is 43.8 Å². The molecule has 136 valence electrons. The molecule has 2 heterocycles. The fourth-order valence-electron chi connectivity index (χ4n) is 2.85. The summed E-state index contributed by atoms with van der Waals surface area (Å²) < 4.78 is 27.1. The average molecular weight is 392 g/mol. The second kappa shape index (κ2) is 7.03. The number of nitro groups is 1. The lowest BCUT2D eigenvalue weighted by Crippen LogP contribution is -2.48. The Morgan fingerprint density at radius 1 is 1.19 bits per heavy atom. The molecule has 1 aliphatic rings. The van der Waals surface area contributed by atoms with Crippen molar-refractivity contribution >= 4 is 32.7 Å². The number of benzene rings is 1. The highest BCUT2D eigenvalue weighted by atomic mass is 32.2. The number of nitriles is 1. The molecule has 0 unspecified atom stereocenters. The zero-order chi connectivity index (χ0) is 18.9. The lowest BCUT2D eigenvalue weighted by Gasteiger charge is -2.35. The molecular weight excluding hydrogens is 376 g/mol. The van der Waals surface area contributed by atoms with Gasteiger partial charge in [0.2, 0.25) is 0 Å². The number of nitro benzene ring substituents is 1. The van der Waals surface area contributed by atoms with Crippen molar-refractivity contribution in [1.29, 1.82) is 5.26 Å². The Morgan fingerprint density at radius 3 is 2.42 bits per heavy atom. The molecule has 1 aromatic heterocycles. The summed E-state index contributed by atoms with van der Waals surface area (Å²) in [5.41, 5.74) is 0.658. The molecule has 0 saturated carbocycles. The van der Waals surface area contributed by atoms with Crippen LogP contribution in [0.2, 0.25) is 0 Å². The van der Waals surface area contributed by atoms with E-state index in [0.29, 0.717) is 36.1 Å². The molecule has 0 aliphatic carbocycles. The summed E-state index contributed by atoms with van der Waals surface area (Å²) in [5.74, 6) is 0. The van der Waals surface area contributed by atoms with Gasteiger partial charge in [0.05, 0.1) is 16.2 Å². The van der Waals surface area contributed by atoms with E-state index in [-0.39, 0.29) is 11.3 Å². The Labute approximate surface area is 155 Å². The van der Waals surface area contributed by atoms with Crippen molar-refractivity contribution < 1.29 is 13.3 Å². The van der Waals surface area contributed by atoms with Crippen molar-refractivity contribution in [1.82, 2.24) is 4.31 Å². The van der Waals surface area contributed by atoms with Crippen LogP contribution in [0.5, 0.6) is 0 Å². The van der Waals surface area contributed by atoms with Crippen LogP contribution in [0.1, 0.15) is 10.4 Å². The lowest BCUT2D eigenvalue weighted by atomic mass is 10.1. The van der Waals surface area contributed by atoms with Crippen LogP contribution < -0.4 is 4.90 Å². The monoisotopic (exact) mass is 392 g/mol. The van der Waals surface area contributed by atoms with Gasteiger partial charge < -0.3 is 4.90 Å². The normalized spacial score (nSPS) is 15.6. The topological polar surface area (TPSA) is 108 Å². The van der Waals surface area contributed by atoms with Crippen molar-refractivity contribution in [2.75, 3.05) is 31.1 Å². The number of piperazine rings is 1. The summed E-state index contributed by atoms with van der Waals surface area (Å²) in [5, 5.41) is 20.1. The van der Waals surface area contributed by atoms with Crippen molar-refractivity contribution in [3.05, 3.63) is 50.9 Å². The Bertz CT molecular complexity index is 986. The van der Waals surface area contributed by atoms with E-state index in [0.717, 1.165) is 4.88 Å². The van der Waals surface area contributed by atoms with E-state index >= 15 is 0 Å². The van der Waals surface area contributed by atoms with E-state index < -0.39 is 14.9 Å². The van der Waals surface area contributed by atoms with Crippen LogP contribution >= 0.6 is 11.3 Å². The van der Waals surface area contributed by atoms with Gasteiger partial charge in [0.25, 0.3) is 15.7 Å². The molecule has 1 saturated heterocycles. The number of nitrogens with zero attached hydrogens (tertiary/aromatic N) is 4. The summed E-state index contributed by atoms with van der Waals surface area (Å²) >= 11 is 1.25. The van der Waals surface area contributed by atoms with Crippen LogP contribution in [-0.2, 0) is 10.0 Å². The highest BCUT2D eigenvalue weighted by Crippen LogP contribution is 2.28. The maximum Gasteiger partial charge on any atom is 0.270 e. The standard InChI is InChI=1S/C16H16N4O4S2/c1-12-2-5-16(25-12)26(23,24)19-8-6-18(7-9-19)15-4-3-14(20(21)22)10-13(15)11-17/h2-5,10H,6-9H2,1H3. The van der Waals surface area contributed by atoms with Gasteiger partial charge in [-0.25, -0.2) is 8.42 Å². The summed E-state index contributed by atoms with van der Waals surface area (Å²) in [7, 11) is -3.51. The molecule has 0 amide bonds. The predicted molar refractivity (Wildman–Crippen MR) is 97.8 cm³/mol. The van der Waals surface area contributed by atoms with Crippen LogP contribution in [0.3, 0.4) is 0 Å². The second-order valence-corrected chi connectivity index (χ2v) is 9.28. The average Bonchev–Trinajstić information content (AvgIpc) is 3.08. The first-order chi connectivity index (χ1) is 12.3. The van der Waals surface area contributed by atoms with Crippen LogP contribution in [0, 0.1) is 28.4 Å². The smallest absolute Gasteiger partial charge is 0.270 e. The Kier molecular flexibility index (Phi) is 4.95. The van der Waals surface area contributed by atoms with E-state index in [2.05, 4.69) is 0 Å². The molecule has 2 aromatic rings. The number of anilines is 1. The molecule has 0 bridgehead atoms. The summed E-state index contributed by atoms with van der Waals surface area (Å²) in [6.07, 6.45) is 0. The van der Waals surface area contributed by atoms with Gasteiger partial charge >= 0.3 is 0 Å². The van der Waals surface area contributed by atoms with Crippen molar-refractivity contribution in [2.45, 2.75) is 11.1 Å². The molecular formula is C16H16N4O4S2. The third kappa shape index (κ3) is 3.41. The highest BCUT2D eigenvalue weighted by molar-refractivity contribution is 7.91. The number of non-ortho nitro benzene ring substituents is 1. The van der Waals surface area contributed by atoms with Gasteiger partial charge in [-0.1, -0.05) is 0 Å². The summed E-state index contributed by atoms with van der Waals surface area (Å²) in [4.78, 5) is 13.1. The lowest BCUT2D eigenvalue weighted by molar-refractivity contribution is -0.384. The molecule has 3 rings (SSSR count). The molecule has 8 nitrogen and oxygen atoms in total. The number of thiophene rings is 1. The number of aryl methyl sites for hydroxylation is 1. The van der Waals surface area contributed by atoms with Gasteiger partial charge in [-0.3, -0.25) is 10.1 Å². The van der Waals surface area contributed by atoms with Gasteiger partial charge in [-0.05, 0) is 25.1 Å². The maximum absolute atomic E-state index is 12.7. The third-order valence-electron chi connectivity index (χ3n) is 4.20. The zero-order valence-corrected chi connectivity index (χ0v) is 15.6. The molecule has 26 heavy (non-hydrogen) atoms. The predicted octanol–water partition coefficient (Wildman–Crippen LogP) is 2.35. The third-order valence-corrected chi connectivity index (χ3v) is 7.57. The minimum Gasteiger partial charge on any atom is -0.368 e. The molecule has 1 aliphatic heterocycles. The van der Waals surface area contributed by atoms with Gasteiger partial charge in [-0.15, -0.1) is 11.3 Å². The zero-order valence-electron chi connectivity index (χ0n) is 14.0. The van der Waals surface area contributed by atoms with E-state index in [1.165, 1.54) is 27.8 Å². The molecule has 0 N–H and O–H groups in total. The van der Waals surface area contributed by atoms with E-state index in [1.807, 2.05) is 17.9 Å². The van der Waals surface area contributed by atoms with E-state index in [4.69, 9.17) is 0 Å². The van der Waals surface area contributed by atoms with Gasteiger partial charge in [0.15, 0.2) is 0 Å². The Balaban J connectivity index is 1.77. The molecule has 10 heteroatoms. The quantitative estimate of drug-likeness (QED) is 0.584. The minimum absolute atomic E-state index is 0.139. The maximum atomic E-state index is 12.7. The van der Waals surface area contributed by atoms with Gasteiger partial charge in [-0.2, -0.15) is 9.57 Å².